The Hall–Kier alpha value is -2.90. The van der Waals surface area contributed by atoms with Crippen molar-refractivity contribution in [3.8, 4) is 0 Å². The average molecular weight is 385 g/mol. The van der Waals surface area contributed by atoms with Crippen LogP contribution < -0.4 is 10.6 Å². The number of alkyl carbamates (subject to hydrolysis) is 1. The van der Waals surface area contributed by atoms with Gasteiger partial charge in [0.15, 0.2) is 5.82 Å². The highest BCUT2D eigenvalue weighted by Crippen LogP contribution is 2.34. The van der Waals surface area contributed by atoms with E-state index in [4.69, 9.17) is 4.74 Å². The predicted molar refractivity (Wildman–Crippen MR) is 105 cm³/mol. The van der Waals surface area contributed by atoms with Crippen molar-refractivity contribution >= 4 is 17.8 Å². The third-order valence-electron chi connectivity index (χ3n) is 5.09. The first kappa shape index (κ1) is 19.9. The number of amides is 2. The molecule has 2 aromatic rings. The molecule has 1 aliphatic carbocycles. The van der Waals surface area contributed by atoms with Crippen LogP contribution in [0.15, 0.2) is 24.4 Å². The van der Waals surface area contributed by atoms with Gasteiger partial charge in [-0.3, -0.25) is 14.9 Å². The van der Waals surface area contributed by atoms with Gasteiger partial charge in [-0.25, -0.2) is 4.79 Å². The number of H-pyrrole nitrogens is 1. The molecule has 3 rings (SSSR count). The SMILES string of the molecule is CCC(C)OC(=O)NC1CCC(c2cc(NC(=O)c3ccc(C)nc3)n[nH]2)C1. The molecule has 0 bridgehead atoms. The zero-order valence-electron chi connectivity index (χ0n) is 16.5. The highest BCUT2D eigenvalue weighted by Gasteiger charge is 2.29. The van der Waals surface area contributed by atoms with Gasteiger partial charge in [-0.05, 0) is 51.7 Å². The summed E-state index contributed by atoms with van der Waals surface area (Å²) in [5.74, 6) is 0.491. The number of aromatic nitrogens is 3. The third kappa shape index (κ3) is 5.09. The molecule has 1 saturated carbocycles. The summed E-state index contributed by atoms with van der Waals surface area (Å²) in [5.41, 5.74) is 2.30. The zero-order valence-corrected chi connectivity index (χ0v) is 16.5. The van der Waals surface area contributed by atoms with E-state index in [9.17, 15) is 9.59 Å². The maximum atomic E-state index is 12.3. The van der Waals surface area contributed by atoms with Crippen molar-refractivity contribution in [2.75, 3.05) is 5.32 Å². The van der Waals surface area contributed by atoms with Gasteiger partial charge in [0.25, 0.3) is 5.91 Å². The number of rotatable bonds is 6. The van der Waals surface area contributed by atoms with E-state index in [-0.39, 0.29) is 30.1 Å². The topological polar surface area (TPSA) is 109 Å². The van der Waals surface area contributed by atoms with E-state index in [1.54, 1.807) is 18.3 Å². The van der Waals surface area contributed by atoms with Crippen molar-refractivity contribution in [1.29, 1.82) is 0 Å². The first-order chi connectivity index (χ1) is 13.4. The minimum absolute atomic E-state index is 0.0836. The molecule has 0 aliphatic heterocycles. The van der Waals surface area contributed by atoms with Crippen LogP contribution in [-0.2, 0) is 4.74 Å². The van der Waals surface area contributed by atoms with Crippen molar-refractivity contribution < 1.29 is 14.3 Å². The zero-order chi connectivity index (χ0) is 20.1. The van der Waals surface area contributed by atoms with Gasteiger partial charge in [-0.1, -0.05) is 6.92 Å². The molecule has 0 aromatic carbocycles. The largest absolute Gasteiger partial charge is 0.447 e. The van der Waals surface area contributed by atoms with Crippen molar-refractivity contribution in [1.82, 2.24) is 20.5 Å². The van der Waals surface area contributed by atoms with Gasteiger partial charge in [0.2, 0.25) is 0 Å². The lowest BCUT2D eigenvalue weighted by atomic mass is 10.0. The molecule has 2 amide bonds. The van der Waals surface area contributed by atoms with Crippen LogP contribution in [-0.4, -0.2) is 39.3 Å². The summed E-state index contributed by atoms with van der Waals surface area (Å²) in [4.78, 5) is 28.3. The quantitative estimate of drug-likeness (QED) is 0.705. The summed E-state index contributed by atoms with van der Waals surface area (Å²) in [6, 6.07) is 5.46. The Morgan fingerprint density at radius 3 is 2.89 bits per heavy atom. The number of ether oxygens (including phenoxy) is 1. The predicted octanol–water partition coefficient (Wildman–Crippen LogP) is 3.53. The van der Waals surface area contributed by atoms with Gasteiger partial charge >= 0.3 is 6.09 Å². The van der Waals surface area contributed by atoms with E-state index in [1.807, 2.05) is 26.8 Å². The molecule has 3 N–H and O–H groups in total. The summed E-state index contributed by atoms with van der Waals surface area (Å²) >= 11 is 0. The molecule has 8 nitrogen and oxygen atoms in total. The maximum absolute atomic E-state index is 12.3. The van der Waals surface area contributed by atoms with Crippen molar-refractivity contribution in [3.63, 3.8) is 0 Å². The minimum atomic E-state index is -0.357. The molecule has 1 fully saturated rings. The molecule has 28 heavy (non-hydrogen) atoms. The van der Waals surface area contributed by atoms with Gasteiger partial charge in [-0.2, -0.15) is 5.10 Å². The molecule has 2 aromatic heterocycles. The molecule has 0 spiro atoms. The van der Waals surface area contributed by atoms with Crippen LogP contribution >= 0.6 is 0 Å². The van der Waals surface area contributed by atoms with Crippen LogP contribution in [0.1, 0.15) is 67.2 Å². The Bertz CT molecular complexity index is 818. The second kappa shape index (κ2) is 8.86. The molecule has 2 heterocycles. The number of hydrogen-bond acceptors (Lipinski definition) is 5. The lowest BCUT2D eigenvalue weighted by Gasteiger charge is -2.16. The number of pyridine rings is 1. The van der Waals surface area contributed by atoms with E-state index < -0.39 is 0 Å². The van der Waals surface area contributed by atoms with Crippen LogP contribution in [0.25, 0.3) is 0 Å². The second-order valence-corrected chi connectivity index (χ2v) is 7.33. The van der Waals surface area contributed by atoms with E-state index in [1.165, 1.54) is 0 Å². The Labute approximate surface area is 164 Å². The van der Waals surface area contributed by atoms with Crippen LogP contribution in [0.3, 0.4) is 0 Å². The Morgan fingerprint density at radius 1 is 1.36 bits per heavy atom. The fourth-order valence-corrected chi connectivity index (χ4v) is 3.26. The molecule has 3 unspecified atom stereocenters. The average Bonchev–Trinajstić information content (AvgIpc) is 3.31. The van der Waals surface area contributed by atoms with Gasteiger partial charge in [0.1, 0.15) is 6.10 Å². The maximum Gasteiger partial charge on any atom is 0.407 e. The van der Waals surface area contributed by atoms with E-state index >= 15 is 0 Å². The van der Waals surface area contributed by atoms with Gasteiger partial charge in [0.05, 0.1) is 5.56 Å². The van der Waals surface area contributed by atoms with Crippen LogP contribution in [0, 0.1) is 6.92 Å². The smallest absolute Gasteiger partial charge is 0.407 e. The molecule has 0 saturated heterocycles. The number of hydrogen-bond donors (Lipinski definition) is 3. The fraction of sp³-hybridized carbons (Fsp3) is 0.500. The summed E-state index contributed by atoms with van der Waals surface area (Å²) in [6.45, 7) is 5.73. The highest BCUT2D eigenvalue weighted by molar-refractivity contribution is 6.03. The highest BCUT2D eigenvalue weighted by atomic mass is 16.6. The lowest BCUT2D eigenvalue weighted by Crippen LogP contribution is -2.35. The molecule has 3 atom stereocenters. The summed E-state index contributed by atoms with van der Waals surface area (Å²) < 4.78 is 5.28. The van der Waals surface area contributed by atoms with E-state index in [2.05, 4.69) is 25.8 Å². The normalized spacial score (nSPS) is 19.8. The summed E-state index contributed by atoms with van der Waals surface area (Å²) in [7, 11) is 0. The lowest BCUT2D eigenvalue weighted by molar-refractivity contribution is 0.101. The Balaban J connectivity index is 1.52. The Kier molecular flexibility index (Phi) is 6.28. The number of aromatic amines is 1. The van der Waals surface area contributed by atoms with E-state index in [0.717, 1.165) is 37.1 Å². The molecule has 1 aliphatic rings. The van der Waals surface area contributed by atoms with Crippen LogP contribution in [0.2, 0.25) is 0 Å². The van der Waals surface area contributed by atoms with Crippen LogP contribution in [0.4, 0.5) is 10.6 Å². The Morgan fingerprint density at radius 2 is 2.18 bits per heavy atom. The molecule has 0 radical (unpaired) electrons. The fourth-order valence-electron chi connectivity index (χ4n) is 3.26. The number of aryl methyl sites for hydroxylation is 1. The van der Waals surface area contributed by atoms with Gasteiger partial charge in [0, 0.05) is 35.6 Å². The first-order valence-electron chi connectivity index (χ1n) is 9.71. The molecular weight excluding hydrogens is 358 g/mol. The molecular formula is C20H27N5O3. The second-order valence-electron chi connectivity index (χ2n) is 7.33. The van der Waals surface area contributed by atoms with Gasteiger partial charge < -0.3 is 15.4 Å². The summed E-state index contributed by atoms with van der Waals surface area (Å²) in [6.07, 6.45) is 4.53. The standard InChI is InChI=1S/C20H27N5O3/c1-4-13(3)28-20(27)22-16-8-7-14(9-16)17-10-18(25-24-17)23-19(26)15-6-5-12(2)21-11-15/h5-6,10-11,13-14,16H,4,7-9H2,1-3H3,(H,22,27)(H2,23,24,25,26). The molecule has 150 valence electrons. The third-order valence-corrected chi connectivity index (χ3v) is 5.09. The van der Waals surface area contributed by atoms with Crippen molar-refractivity contribution in [2.24, 2.45) is 0 Å². The number of carbonyl (C=O) groups excluding carboxylic acids is 2. The number of anilines is 1. The van der Waals surface area contributed by atoms with Crippen molar-refractivity contribution in [3.05, 3.63) is 41.3 Å². The number of nitrogens with zero attached hydrogens (tertiary/aromatic N) is 2. The number of nitrogens with one attached hydrogen (secondary N) is 3. The minimum Gasteiger partial charge on any atom is -0.447 e. The number of carbonyl (C=O) groups is 2. The summed E-state index contributed by atoms with van der Waals surface area (Å²) in [5, 5.41) is 12.9. The van der Waals surface area contributed by atoms with E-state index in [0.29, 0.717) is 11.4 Å². The van der Waals surface area contributed by atoms with Crippen LogP contribution in [0.5, 0.6) is 0 Å². The first-order valence-corrected chi connectivity index (χ1v) is 9.71. The molecule has 8 heteroatoms. The van der Waals surface area contributed by atoms with Crippen molar-refractivity contribution in [2.45, 2.75) is 64.5 Å². The monoisotopic (exact) mass is 385 g/mol. The van der Waals surface area contributed by atoms with Gasteiger partial charge in [-0.15, -0.1) is 0 Å².